The highest BCUT2D eigenvalue weighted by molar-refractivity contribution is 5.91. The average Bonchev–Trinajstić information content (AvgIpc) is 2.62. The van der Waals surface area contributed by atoms with Gasteiger partial charge in [-0.2, -0.15) is 0 Å². The third kappa shape index (κ3) is 5.33. The van der Waals surface area contributed by atoms with Gasteiger partial charge in [0, 0.05) is 0 Å². The first kappa shape index (κ1) is 19.0. The van der Waals surface area contributed by atoms with E-state index in [0.29, 0.717) is 11.4 Å². The summed E-state index contributed by atoms with van der Waals surface area (Å²) in [6, 6.07) is 9.77. The van der Waals surface area contributed by atoms with E-state index in [1.165, 1.54) is 6.07 Å². The van der Waals surface area contributed by atoms with Gasteiger partial charge < -0.3 is 26.8 Å². The van der Waals surface area contributed by atoms with Crippen molar-refractivity contribution in [1.29, 1.82) is 0 Å². The Hall–Kier alpha value is -3.37. The first-order chi connectivity index (χ1) is 12.5. The average molecular weight is 357 g/mol. The maximum atomic E-state index is 11.6. The molecule has 2 rings (SSSR count). The van der Waals surface area contributed by atoms with Gasteiger partial charge in [0.05, 0.1) is 13.1 Å². The highest BCUT2D eigenvalue weighted by Gasteiger charge is 2.09. The summed E-state index contributed by atoms with van der Waals surface area (Å²) < 4.78 is 5.22. The van der Waals surface area contributed by atoms with Gasteiger partial charge in [-0.3, -0.25) is 9.59 Å². The minimum atomic E-state index is -0.448. The molecule has 0 bridgehead atoms. The number of hydrogen-bond acceptors (Lipinski definition) is 9. The van der Waals surface area contributed by atoms with Crippen LogP contribution in [0.1, 0.15) is 0 Å². The molecule has 1 aromatic heterocycles. The Balaban J connectivity index is 2.17. The summed E-state index contributed by atoms with van der Waals surface area (Å²) in [4.78, 5) is 26.9. The monoisotopic (exact) mass is 357 g/mol. The van der Waals surface area contributed by atoms with Gasteiger partial charge >= 0.3 is 5.97 Å². The van der Waals surface area contributed by atoms with E-state index in [1.807, 2.05) is 0 Å². The number of esters is 1. The van der Waals surface area contributed by atoms with Gasteiger partial charge in [0.2, 0.25) is 5.91 Å². The SMILES string of the molecule is CNCC(=O)Oc1ccccc1N=Nc1ccc(NC(=O)CN)nc1N. The van der Waals surface area contributed by atoms with E-state index < -0.39 is 5.97 Å². The number of rotatable bonds is 7. The molecule has 0 atom stereocenters. The normalized spacial score (nSPS) is 10.7. The topological polar surface area (TPSA) is 157 Å². The van der Waals surface area contributed by atoms with E-state index in [4.69, 9.17) is 16.2 Å². The molecule has 0 spiro atoms. The lowest BCUT2D eigenvalue weighted by atomic mass is 10.3. The van der Waals surface area contributed by atoms with E-state index >= 15 is 0 Å². The lowest BCUT2D eigenvalue weighted by Gasteiger charge is -2.06. The van der Waals surface area contributed by atoms with Gasteiger partial charge in [-0.15, -0.1) is 10.2 Å². The van der Waals surface area contributed by atoms with Crippen molar-refractivity contribution in [2.45, 2.75) is 0 Å². The van der Waals surface area contributed by atoms with Crippen LogP contribution in [0.2, 0.25) is 0 Å². The predicted molar refractivity (Wildman–Crippen MR) is 96.5 cm³/mol. The summed E-state index contributed by atoms with van der Waals surface area (Å²) in [6.07, 6.45) is 0. The molecule has 0 aliphatic heterocycles. The van der Waals surface area contributed by atoms with Gasteiger partial charge in [0.1, 0.15) is 17.2 Å². The number of aromatic nitrogens is 1. The van der Waals surface area contributed by atoms with Gasteiger partial charge in [-0.1, -0.05) is 12.1 Å². The number of anilines is 2. The number of nitrogens with two attached hydrogens (primary N) is 2. The fraction of sp³-hybridized carbons (Fsp3) is 0.188. The number of nitrogens with zero attached hydrogens (tertiary/aromatic N) is 3. The molecular weight excluding hydrogens is 338 g/mol. The van der Waals surface area contributed by atoms with Gasteiger partial charge in [0.25, 0.3) is 0 Å². The molecule has 0 unspecified atom stereocenters. The Labute approximate surface area is 149 Å². The zero-order valence-electron chi connectivity index (χ0n) is 14.1. The second-order valence-electron chi connectivity index (χ2n) is 5.03. The van der Waals surface area contributed by atoms with Crippen LogP contribution in [-0.4, -0.2) is 37.0 Å². The number of amides is 1. The summed E-state index contributed by atoms with van der Waals surface area (Å²) in [5.41, 5.74) is 11.7. The van der Waals surface area contributed by atoms with Crippen molar-refractivity contribution in [2.75, 3.05) is 31.2 Å². The van der Waals surface area contributed by atoms with Crippen LogP contribution in [0.25, 0.3) is 0 Å². The Bertz CT molecular complexity index is 823. The number of benzene rings is 1. The van der Waals surface area contributed by atoms with Crippen molar-refractivity contribution in [3.63, 3.8) is 0 Å². The quantitative estimate of drug-likeness (QED) is 0.328. The zero-order valence-corrected chi connectivity index (χ0v) is 14.1. The number of ether oxygens (including phenoxy) is 1. The molecule has 0 saturated carbocycles. The van der Waals surface area contributed by atoms with Crippen LogP contribution in [0.15, 0.2) is 46.6 Å². The molecule has 6 N–H and O–H groups in total. The molecule has 10 heteroatoms. The van der Waals surface area contributed by atoms with E-state index in [0.717, 1.165) is 0 Å². The van der Waals surface area contributed by atoms with Crippen molar-refractivity contribution in [2.24, 2.45) is 16.0 Å². The number of para-hydroxylation sites is 1. The summed E-state index contributed by atoms with van der Waals surface area (Å²) in [7, 11) is 1.64. The van der Waals surface area contributed by atoms with Crippen LogP contribution in [-0.2, 0) is 9.59 Å². The van der Waals surface area contributed by atoms with Crippen LogP contribution >= 0.6 is 0 Å². The van der Waals surface area contributed by atoms with Crippen molar-refractivity contribution in [3.05, 3.63) is 36.4 Å². The van der Waals surface area contributed by atoms with Gasteiger partial charge in [0.15, 0.2) is 11.6 Å². The smallest absolute Gasteiger partial charge is 0.325 e. The Morgan fingerprint density at radius 1 is 1.15 bits per heavy atom. The second kappa shape index (κ2) is 9.20. The number of nitrogens with one attached hydrogen (secondary N) is 2. The van der Waals surface area contributed by atoms with Crippen molar-refractivity contribution in [3.8, 4) is 5.75 Å². The summed E-state index contributed by atoms with van der Waals surface area (Å²) in [5.74, 6) is -0.221. The molecule has 1 aromatic carbocycles. The lowest BCUT2D eigenvalue weighted by Crippen LogP contribution is -2.23. The summed E-state index contributed by atoms with van der Waals surface area (Å²) in [6.45, 7) is -0.0928. The van der Waals surface area contributed by atoms with E-state index in [9.17, 15) is 9.59 Å². The first-order valence-electron chi connectivity index (χ1n) is 7.66. The predicted octanol–water partition coefficient (Wildman–Crippen LogP) is 1.10. The summed E-state index contributed by atoms with van der Waals surface area (Å²) >= 11 is 0. The molecule has 0 radical (unpaired) electrons. The molecule has 136 valence electrons. The standard InChI is InChI=1S/C16H19N7O3/c1-19-9-15(25)26-12-5-3-2-4-10(12)22-23-11-6-7-13(21-16(11)18)20-14(24)8-17/h2-7,19H,8-9,17H2,1H3,(H3,18,20,21,24). The van der Waals surface area contributed by atoms with E-state index in [1.54, 1.807) is 37.4 Å². The lowest BCUT2D eigenvalue weighted by molar-refractivity contribution is -0.133. The number of carbonyl (C=O) groups is 2. The Morgan fingerprint density at radius 3 is 2.58 bits per heavy atom. The molecule has 10 nitrogen and oxygen atoms in total. The largest absolute Gasteiger partial charge is 0.423 e. The minimum absolute atomic E-state index is 0.0678. The first-order valence-corrected chi connectivity index (χ1v) is 7.66. The molecule has 2 aromatic rings. The van der Waals surface area contributed by atoms with Crippen LogP contribution in [0.5, 0.6) is 5.75 Å². The summed E-state index contributed by atoms with van der Waals surface area (Å²) in [5, 5.41) is 13.3. The molecule has 0 fully saturated rings. The molecule has 1 amide bonds. The van der Waals surface area contributed by atoms with E-state index in [2.05, 4.69) is 25.8 Å². The zero-order chi connectivity index (χ0) is 18.9. The van der Waals surface area contributed by atoms with Crippen molar-refractivity contribution >= 4 is 34.9 Å². The second-order valence-corrected chi connectivity index (χ2v) is 5.03. The molecule has 0 aliphatic carbocycles. The van der Waals surface area contributed by atoms with Crippen molar-refractivity contribution < 1.29 is 14.3 Å². The minimum Gasteiger partial charge on any atom is -0.423 e. The number of likely N-dealkylation sites (N-methyl/N-ethyl adjacent to an activating group) is 1. The molecular formula is C16H19N7O3. The molecule has 0 aliphatic rings. The van der Waals surface area contributed by atoms with Crippen LogP contribution < -0.4 is 26.8 Å². The number of azo groups is 1. The fourth-order valence-corrected chi connectivity index (χ4v) is 1.85. The number of nitrogen functional groups attached to an aromatic ring is 1. The highest BCUT2D eigenvalue weighted by Crippen LogP contribution is 2.30. The van der Waals surface area contributed by atoms with Crippen molar-refractivity contribution in [1.82, 2.24) is 10.3 Å². The Morgan fingerprint density at radius 2 is 1.88 bits per heavy atom. The third-order valence-corrected chi connectivity index (χ3v) is 3.03. The maximum Gasteiger partial charge on any atom is 0.325 e. The van der Waals surface area contributed by atoms with Crippen LogP contribution in [0, 0.1) is 0 Å². The maximum absolute atomic E-state index is 11.6. The van der Waals surface area contributed by atoms with Gasteiger partial charge in [-0.25, -0.2) is 4.98 Å². The molecule has 26 heavy (non-hydrogen) atoms. The van der Waals surface area contributed by atoms with Crippen LogP contribution in [0.3, 0.4) is 0 Å². The number of hydrogen-bond donors (Lipinski definition) is 4. The highest BCUT2D eigenvalue weighted by atomic mass is 16.5. The molecule has 1 heterocycles. The fourth-order valence-electron chi connectivity index (χ4n) is 1.85. The Kier molecular flexibility index (Phi) is 6.71. The van der Waals surface area contributed by atoms with Gasteiger partial charge in [-0.05, 0) is 31.3 Å². The van der Waals surface area contributed by atoms with E-state index in [-0.39, 0.29) is 36.4 Å². The number of carbonyl (C=O) groups excluding carboxylic acids is 2. The van der Waals surface area contributed by atoms with Crippen LogP contribution in [0.4, 0.5) is 23.0 Å². The molecule has 0 saturated heterocycles. The number of pyridine rings is 1. The third-order valence-electron chi connectivity index (χ3n) is 3.03.